The SMILES string of the molecule is COc1ccc2c(c1)CC(C(=O)NCc1ccc3c(c1)OCO3)CO2. The Hall–Kier alpha value is -2.89. The minimum Gasteiger partial charge on any atom is -0.497 e. The molecule has 2 aliphatic heterocycles. The maximum Gasteiger partial charge on any atom is 0.231 e. The molecule has 0 bridgehead atoms. The fourth-order valence-electron chi connectivity index (χ4n) is 3.05. The van der Waals surface area contributed by atoms with Crippen molar-refractivity contribution < 1.29 is 23.7 Å². The average Bonchev–Trinajstić information content (AvgIpc) is 3.13. The Labute approximate surface area is 145 Å². The number of hydrogen-bond acceptors (Lipinski definition) is 5. The van der Waals surface area contributed by atoms with Crippen LogP contribution < -0.4 is 24.3 Å². The Morgan fingerprint density at radius 3 is 2.84 bits per heavy atom. The van der Waals surface area contributed by atoms with Crippen molar-refractivity contribution in [3.8, 4) is 23.0 Å². The fraction of sp³-hybridized carbons (Fsp3) is 0.316. The summed E-state index contributed by atoms with van der Waals surface area (Å²) < 4.78 is 21.6. The smallest absolute Gasteiger partial charge is 0.231 e. The highest BCUT2D eigenvalue weighted by molar-refractivity contribution is 5.79. The molecule has 0 saturated heterocycles. The van der Waals surface area contributed by atoms with Crippen LogP contribution in [0.2, 0.25) is 0 Å². The molecule has 1 amide bonds. The van der Waals surface area contributed by atoms with Gasteiger partial charge >= 0.3 is 0 Å². The van der Waals surface area contributed by atoms with Crippen LogP contribution in [0.5, 0.6) is 23.0 Å². The third-order valence-electron chi connectivity index (χ3n) is 4.45. The number of ether oxygens (including phenoxy) is 4. The van der Waals surface area contributed by atoms with Crippen LogP contribution in [0.4, 0.5) is 0 Å². The molecule has 6 nitrogen and oxygen atoms in total. The van der Waals surface area contributed by atoms with Crippen LogP contribution >= 0.6 is 0 Å². The molecule has 0 aromatic heterocycles. The van der Waals surface area contributed by atoms with Gasteiger partial charge in [-0.25, -0.2) is 0 Å². The Bertz CT molecular complexity index is 804. The molecule has 0 spiro atoms. The molecule has 2 aromatic rings. The number of carbonyl (C=O) groups is 1. The molecular weight excluding hydrogens is 322 g/mol. The van der Waals surface area contributed by atoms with Gasteiger partial charge in [0.2, 0.25) is 12.7 Å². The topological polar surface area (TPSA) is 66.0 Å². The van der Waals surface area contributed by atoms with Crippen LogP contribution in [0.15, 0.2) is 36.4 Å². The standard InChI is InChI=1S/C19H19NO5/c1-22-15-3-5-16-13(8-15)7-14(10-23-16)19(21)20-9-12-2-4-17-18(6-12)25-11-24-17/h2-6,8,14H,7,9-11H2,1H3,(H,20,21). The van der Waals surface area contributed by atoms with E-state index in [0.717, 1.165) is 28.4 Å². The molecule has 25 heavy (non-hydrogen) atoms. The molecule has 4 rings (SSSR count). The first-order valence-electron chi connectivity index (χ1n) is 8.19. The van der Waals surface area contributed by atoms with E-state index in [1.807, 2.05) is 36.4 Å². The molecule has 0 fully saturated rings. The van der Waals surface area contributed by atoms with Gasteiger partial charge in [-0.3, -0.25) is 4.79 Å². The van der Waals surface area contributed by atoms with Crippen LogP contribution in [-0.4, -0.2) is 26.4 Å². The maximum absolute atomic E-state index is 12.5. The fourth-order valence-corrected chi connectivity index (χ4v) is 3.05. The van der Waals surface area contributed by atoms with Crippen molar-refractivity contribution in [1.29, 1.82) is 0 Å². The predicted molar refractivity (Wildman–Crippen MR) is 90.1 cm³/mol. The molecule has 0 saturated carbocycles. The zero-order valence-electron chi connectivity index (χ0n) is 13.9. The molecule has 2 heterocycles. The summed E-state index contributed by atoms with van der Waals surface area (Å²) in [6.07, 6.45) is 0.638. The number of fused-ring (bicyclic) bond motifs is 2. The van der Waals surface area contributed by atoms with Crippen LogP contribution in [0.1, 0.15) is 11.1 Å². The van der Waals surface area contributed by atoms with Crippen molar-refractivity contribution in [2.45, 2.75) is 13.0 Å². The quantitative estimate of drug-likeness (QED) is 0.924. The van der Waals surface area contributed by atoms with Gasteiger partial charge in [0.25, 0.3) is 0 Å². The van der Waals surface area contributed by atoms with Crippen molar-refractivity contribution in [3.63, 3.8) is 0 Å². The van der Waals surface area contributed by atoms with E-state index in [1.165, 1.54) is 0 Å². The number of amides is 1. The summed E-state index contributed by atoms with van der Waals surface area (Å²) in [7, 11) is 1.63. The second kappa shape index (κ2) is 6.55. The predicted octanol–water partition coefficient (Wildman–Crippen LogP) is 2.29. The molecule has 0 aliphatic carbocycles. The lowest BCUT2D eigenvalue weighted by Gasteiger charge is -2.25. The van der Waals surface area contributed by atoms with Crippen molar-refractivity contribution in [1.82, 2.24) is 5.32 Å². The highest BCUT2D eigenvalue weighted by Crippen LogP contribution is 2.33. The minimum atomic E-state index is -0.214. The van der Waals surface area contributed by atoms with Gasteiger partial charge in [0.15, 0.2) is 11.5 Å². The van der Waals surface area contributed by atoms with Gasteiger partial charge in [0.05, 0.1) is 13.0 Å². The summed E-state index contributed by atoms with van der Waals surface area (Å²) in [6, 6.07) is 11.3. The van der Waals surface area contributed by atoms with Crippen molar-refractivity contribution in [2.24, 2.45) is 5.92 Å². The number of carbonyl (C=O) groups excluding carboxylic acids is 1. The molecule has 130 valence electrons. The monoisotopic (exact) mass is 341 g/mol. The number of benzene rings is 2. The Morgan fingerprint density at radius 1 is 1.12 bits per heavy atom. The van der Waals surface area contributed by atoms with E-state index in [-0.39, 0.29) is 18.6 Å². The summed E-state index contributed by atoms with van der Waals surface area (Å²) >= 11 is 0. The van der Waals surface area contributed by atoms with Gasteiger partial charge in [-0.2, -0.15) is 0 Å². The average molecular weight is 341 g/mol. The first-order valence-corrected chi connectivity index (χ1v) is 8.19. The summed E-state index contributed by atoms with van der Waals surface area (Å²) in [5, 5.41) is 2.97. The zero-order valence-corrected chi connectivity index (χ0v) is 13.9. The van der Waals surface area contributed by atoms with Crippen LogP contribution in [0.25, 0.3) is 0 Å². The normalized spacial score (nSPS) is 17.4. The van der Waals surface area contributed by atoms with Gasteiger partial charge in [-0.05, 0) is 47.9 Å². The molecule has 2 aromatic carbocycles. The molecule has 1 unspecified atom stereocenters. The highest BCUT2D eigenvalue weighted by atomic mass is 16.7. The third-order valence-corrected chi connectivity index (χ3v) is 4.45. The van der Waals surface area contributed by atoms with Crippen LogP contribution in [0, 0.1) is 5.92 Å². The largest absolute Gasteiger partial charge is 0.497 e. The van der Waals surface area contributed by atoms with E-state index in [2.05, 4.69) is 5.32 Å². The highest BCUT2D eigenvalue weighted by Gasteiger charge is 2.26. The summed E-state index contributed by atoms with van der Waals surface area (Å²) in [4.78, 5) is 12.5. The van der Waals surface area contributed by atoms with E-state index >= 15 is 0 Å². The number of nitrogens with one attached hydrogen (secondary N) is 1. The second-order valence-electron chi connectivity index (χ2n) is 6.09. The lowest BCUT2D eigenvalue weighted by molar-refractivity contribution is -0.126. The van der Waals surface area contributed by atoms with Crippen molar-refractivity contribution in [3.05, 3.63) is 47.5 Å². The zero-order chi connectivity index (χ0) is 17.2. The molecule has 6 heteroatoms. The van der Waals surface area contributed by atoms with Crippen LogP contribution in [0.3, 0.4) is 0 Å². The van der Waals surface area contributed by atoms with E-state index in [0.29, 0.717) is 25.3 Å². The van der Waals surface area contributed by atoms with E-state index < -0.39 is 0 Å². The maximum atomic E-state index is 12.5. The summed E-state index contributed by atoms with van der Waals surface area (Å²) in [5.74, 6) is 2.80. The first-order chi connectivity index (χ1) is 12.2. The molecule has 0 radical (unpaired) electrons. The number of rotatable bonds is 4. The summed E-state index contributed by atoms with van der Waals surface area (Å²) in [5.41, 5.74) is 1.96. The second-order valence-corrected chi connectivity index (χ2v) is 6.09. The first kappa shape index (κ1) is 15.6. The van der Waals surface area contributed by atoms with Gasteiger partial charge in [-0.15, -0.1) is 0 Å². The van der Waals surface area contributed by atoms with Gasteiger partial charge in [-0.1, -0.05) is 6.07 Å². The molecule has 2 aliphatic rings. The number of hydrogen-bond donors (Lipinski definition) is 1. The van der Waals surface area contributed by atoms with Crippen molar-refractivity contribution in [2.75, 3.05) is 20.5 Å². The summed E-state index contributed by atoms with van der Waals surface area (Å²) in [6.45, 7) is 1.07. The molecular formula is C19H19NO5. The van der Waals surface area contributed by atoms with Gasteiger partial charge in [0.1, 0.15) is 18.1 Å². The lowest BCUT2D eigenvalue weighted by Crippen LogP contribution is -2.37. The van der Waals surface area contributed by atoms with Gasteiger partial charge in [0, 0.05) is 6.54 Å². The molecule has 1 N–H and O–H groups in total. The van der Waals surface area contributed by atoms with Crippen LogP contribution in [-0.2, 0) is 17.8 Å². The van der Waals surface area contributed by atoms with E-state index in [1.54, 1.807) is 7.11 Å². The Kier molecular flexibility index (Phi) is 4.09. The number of methoxy groups -OCH3 is 1. The minimum absolute atomic E-state index is 0.0221. The molecule has 1 atom stereocenters. The Balaban J connectivity index is 1.38. The van der Waals surface area contributed by atoms with Crippen molar-refractivity contribution >= 4 is 5.91 Å². The lowest BCUT2D eigenvalue weighted by atomic mass is 9.95. The van der Waals surface area contributed by atoms with Gasteiger partial charge < -0.3 is 24.3 Å². The van der Waals surface area contributed by atoms with E-state index in [9.17, 15) is 4.79 Å². The van der Waals surface area contributed by atoms with E-state index in [4.69, 9.17) is 18.9 Å². The third kappa shape index (κ3) is 3.20. The Morgan fingerprint density at radius 2 is 1.96 bits per heavy atom.